The van der Waals surface area contributed by atoms with E-state index in [-0.39, 0.29) is 17.9 Å². The second kappa shape index (κ2) is 8.87. The van der Waals surface area contributed by atoms with E-state index in [0.717, 1.165) is 24.2 Å². The van der Waals surface area contributed by atoms with Crippen LogP contribution in [0, 0.1) is 0 Å². The zero-order valence-corrected chi connectivity index (χ0v) is 14.6. The smallest absolute Gasteiger partial charge is 0.335 e. The van der Waals surface area contributed by atoms with E-state index >= 15 is 0 Å². The van der Waals surface area contributed by atoms with E-state index in [0.29, 0.717) is 6.54 Å². The molecule has 2 aromatic carbocycles. The summed E-state index contributed by atoms with van der Waals surface area (Å²) in [6.45, 7) is 0.679. The van der Waals surface area contributed by atoms with Gasteiger partial charge in [0.1, 0.15) is 5.75 Å². The van der Waals surface area contributed by atoms with Crippen LogP contribution in [0.3, 0.4) is 0 Å². The first kappa shape index (κ1) is 18.5. The fraction of sp³-hybridized carbons (Fsp3) is 0.300. The third kappa shape index (κ3) is 5.64. The van der Waals surface area contributed by atoms with Gasteiger partial charge in [-0.3, -0.25) is 4.79 Å². The Bertz CT molecular complexity index is 707. The van der Waals surface area contributed by atoms with Gasteiger partial charge in [0.05, 0.1) is 19.1 Å². The van der Waals surface area contributed by atoms with Crippen molar-refractivity contribution in [3.63, 3.8) is 0 Å². The molecule has 0 atom stereocenters. The van der Waals surface area contributed by atoms with Crippen molar-refractivity contribution in [2.45, 2.75) is 19.3 Å². The summed E-state index contributed by atoms with van der Waals surface area (Å²) in [6.07, 6.45) is 2.06. The third-order valence-corrected chi connectivity index (χ3v) is 4.10. The molecular weight excluding hydrogens is 318 g/mol. The lowest BCUT2D eigenvalue weighted by atomic mass is 10.1. The zero-order valence-electron chi connectivity index (χ0n) is 14.6. The second-order valence-electron chi connectivity index (χ2n) is 5.95. The zero-order chi connectivity index (χ0) is 18.2. The molecule has 5 heteroatoms. The van der Waals surface area contributed by atoms with Crippen LogP contribution < -0.4 is 4.74 Å². The molecule has 0 radical (unpaired) electrons. The number of hydrogen-bond acceptors (Lipinski definition) is 3. The number of carboxylic acid groups (broad SMARTS) is 1. The number of rotatable bonds is 8. The molecule has 0 saturated heterocycles. The predicted molar refractivity (Wildman–Crippen MR) is 96.1 cm³/mol. The molecule has 0 spiro atoms. The summed E-state index contributed by atoms with van der Waals surface area (Å²) < 4.78 is 5.13. The molecule has 2 aromatic rings. The van der Waals surface area contributed by atoms with Gasteiger partial charge < -0.3 is 14.7 Å². The van der Waals surface area contributed by atoms with Gasteiger partial charge in [0.25, 0.3) is 0 Å². The monoisotopic (exact) mass is 341 g/mol. The predicted octanol–water partition coefficient (Wildman–Crippen LogP) is 3.03. The Morgan fingerprint density at radius 1 is 1.00 bits per heavy atom. The minimum atomic E-state index is -0.964. The van der Waals surface area contributed by atoms with E-state index < -0.39 is 5.97 Å². The number of carboxylic acids is 1. The van der Waals surface area contributed by atoms with Crippen LogP contribution in [-0.4, -0.2) is 42.6 Å². The van der Waals surface area contributed by atoms with Gasteiger partial charge in [-0.05, 0) is 48.2 Å². The molecule has 0 aliphatic heterocycles. The number of likely N-dealkylation sites (N-methyl/N-ethyl adjacent to an activating group) is 1. The van der Waals surface area contributed by atoms with E-state index in [1.807, 2.05) is 24.3 Å². The molecule has 1 N–H and O–H groups in total. The van der Waals surface area contributed by atoms with Crippen LogP contribution in [0.15, 0.2) is 48.5 Å². The number of aryl methyl sites for hydroxylation is 1. The Labute approximate surface area is 147 Å². The SMILES string of the molecule is COc1ccc(CCCN(C)C(=O)Cc2ccc(C(=O)O)cc2)cc1. The highest BCUT2D eigenvalue weighted by Crippen LogP contribution is 2.13. The summed E-state index contributed by atoms with van der Waals surface area (Å²) in [4.78, 5) is 24.8. The highest BCUT2D eigenvalue weighted by atomic mass is 16.5. The van der Waals surface area contributed by atoms with Crippen LogP contribution in [0.5, 0.6) is 5.75 Å². The van der Waals surface area contributed by atoms with E-state index in [2.05, 4.69) is 0 Å². The largest absolute Gasteiger partial charge is 0.497 e. The third-order valence-electron chi connectivity index (χ3n) is 4.10. The number of methoxy groups -OCH3 is 1. The van der Waals surface area contributed by atoms with Crippen LogP contribution >= 0.6 is 0 Å². The van der Waals surface area contributed by atoms with Crippen LogP contribution in [0.2, 0.25) is 0 Å². The van der Waals surface area contributed by atoms with Crippen molar-refractivity contribution in [1.82, 2.24) is 4.90 Å². The molecule has 5 nitrogen and oxygen atoms in total. The lowest BCUT2D eigenvalue weighted by molar-refractivity contribution is -0.129. The first-order chi connectivity index (χ1) is 12.0. The van der Waals surface area contributed by atoms with Crippen LogP contribution in [0.1, 0.15) is 27.9 Å². The number of carbonyl (C=O) groups excluding carboxylic acids is 1. The van der Waals surface area contributed by atoms with Gasteiger partial charge >= 0.3 is 5.97 Å². The lowest BCUT2D eigenvalue weighted by Gasteiger charge is -2.17. The maximum atomic E-state index is 12.3. The Balaban J connectivity index is 1.78. The van der Waals surface area contributed by atoms with E-state index in [4.69, 9.17) is 9.84 Å². The summed E-state index contributed by atoms with van der Waals surface area (Å²) in [5, 5.41) is 8.88. The van der Waals surface area contributed by atoms with Crippen molar-refractivity contribution >= 4 is 11.9 Å². The number of benzene rings is 2. The van der Waals surface area contributed by atoms with E-state index in [9.17, 15) is 9.59 Å². The Kier molecular flexibility index (Phi) is 6.57. The molecule has 0 aromatic heterocycles. The number of carbonyl (C=O) groups is 2. The summed E-state index contributed by atoms with van der Waals surface area (Å²) in [7, 11) is 3.44. The summed E-state index contributed by atoms with van der Waals surface area (Å²) in [5.41, 5.74) is 2.26. The maximum Gasteiger partial charge on any atom is 0.335 e. The highest BCUT2D eigenvalue weighted by molar-refractivity contribution is 5.87. The van der Waals surface area contributed by atoms with Gasteiger partial charge in [-0.1, -0.05) is 24.3 Å². The van der Waals surface area contributed by atoms with Crippen molar-refractivity contribution in [3.05, 3.63) is 65.2 Å². The molecular formula is C20H23NO4. The molecule has 0 bridgehead atoms. The number of aromatic carboxylic acids is 1. The van der Waals surface area contributed by atoms with Crippen LogP contribution in [0.25, 0.3) is 0 Å². The van der Waals surface area contributed by atoms with E-state index in [1.165, 1.54) is 17.7 Å². The Morgan fingerprint density at radius 2 is 1.60 bits per heavy atom. The minimum absolute atomic E-state index is 0.0257. The molecule has 0 fully saturated rings. The fourth-order valence-corrected chi connectivity index (χ4v) is 2.51. The summed E-state index contributed by atoms with van der Waals surface area (Å²) >= 11 is 0. The van der Waals surface area contributed by atoms with Crippen molar-refractivity contribution < 1.29 is 19.4 Å². The van der Waals surface area contributed by atoms with Gasteiger partial charge in [0, 0.05) is 13.6 Å². The van der Waals surface area contributed by atoms with Crippen LogP contribution in [0.4, 0.5) is 0 Å². The average molecular weight is 341 g/mol. The molecule has 0 saturated carbocycles. The van der Waals surface area contributed by atoms with Gasteiger partial charge in [0.15, 0.2) is 0 Å². The highest BCUT2D eigenvalue weighted by Gasteiger charge is 2.10. The number of hydrogen-bond donors (Lipinski definition) is 1. The molecule has 0 aliphatic carbocycles. The van der Waals surface area contributed by atoms with Crippen molar-refractivity contribution in [2.24, 2.45) is 0 Å². The van der Waals surface area contributed by atoms with Crippen molar-refractivity contribution in [1.29, 1.82) is 0 Å². The Morgan fingerprint density at radius 3 is 2.16 bits per heavy atom. The minimum Gasteiger partial charge on any atom is -0.497 e. The van der Waals surface area contributed by atoms with Gasteiger partial charge in [-0.15, -0.1) is 0 Å². The first-order valence-electron chi connectivity index (χ1n) is 8.18. The fourth-order valence-electron chi connectivity index (χ4n) is 2.51. The number of nitrogens with zero attached hydrogens (tertiary/aromatic N) is 1. The lowest BCUT2D eigenvalue weighted by Crippen LogP contribution is -2.29. The van der Waals surface area contributed by atoms with Crippen molar-refractivity contribution in [2.75, 3.05) is 20.7 Å². The molecule has 0 aliphatic rings. The van der Waals surface area contributed by atoms with Gasteiger partial charge in [-0.2, -0.15) is 0 Å². The van der Waals surface area contributed by atoms with Crippen molar-refractivity contribution in [3.8, 4) is 5.75 Å². The quantitative estimate of drug-likeness (QED) is 0.801. The normalized spacial score (nSPS) is 10.3. The number of ether oxygens (including phenoxy) is 1. The van der Waals surface area contributed by atoms with E-state index in [1.54, 1.807) is 31.2 Å². The van der Waals surface area contributed by atoms with Crippen LogP contribution in [-0.2, 0) is 17.6 Å². The standard InChI is InChI=1S/C20H23NO4/c1-21(13-3-4-15-7-11-18(25-2)12-8-15)19(22)14-16-5-9-17(10-6-16)20(23)24/h5-12H,3-4,13-14H2,1-2H3,(H,23,24). The molecule has 0 heterocycles. The van der Waals surface area contributed by atoms with Gasteiger partial charge in [-0.25, -0.2) is 4.79 Å². The molecule has 132 valence electrons. The molecule has 0 unspecified atom stereocenters. The molecule has 25 heavy (non-hydrogen) atoms. The topological polar surface area (TPSA) is 66.8 Å². The summed E-state index contributed by atoms with van der Waals surface area (Å²) in [5.74, 6) is -0.101. The van der Waals surface area contributed by atoms with Gasteiger partial charge in [0.2, 0.25) is 5.91 Å². The molecule has 2 rings (SSSR count). The average Bonchev–Trinajstić information content (AvgIpc) is 2.62. The summed E-state index contributed by atoms with van der Waals surface area (Å²) in [6, 6.07) is 14.4. The maximum absolute atomic E-state index is 12.3. The Hall–Kier alpha value is -2.82. The second-order valence-corrected chi connectivity index (χ2v) is 5.95. The molecule has 1 amide bonds. The first-order valence-corrected chi connectivity index (χ1v) is 8.18. The number of amides is 1.